The number of H-pyrrole nitrogens is 1. The first-order valence-corrected chi connectivity index (χ1v) is 10.6. The van der Waals surface area contributed by atoms with Crippen molar-refractivity contribution in [1.29, 1.82) is 0 Å². The van der Waals surface area contributed by atoms with Crippen LogP contribution in [0.3, 0.4) is 0 Å². The van der Waals surface area contributed by atoms with Crippen LogP contribution in [0.15, 0.2) is 72.0 Å². The minimum atomic E-state index is -4.45. The van der Waals surface area contributed by atoms with Gasteiger partial charge in [0.25, 0.3) is 0 Å². The molecule has 1 aliphatic rings. The number of imidazole rings is 1. The number of hydrogen-bond donors (Lipinski definition) is 2. The first-order chi connectivity index (χ1) is 16.3. The normalized spacial score (nSPS) is 18.5. The molecule has 2 N–H and O–H groups in total. The number of nitrogens with one attached hydrogen (secondary N) is 1. The van der Waals surface area contributed by atoms with Gasteiger partial charge in [-0.15, -0.1) is 0 Å². The number of pyridine rings is 1. The number of aromatic nitrogens is 3. The maximum Gasteiger partial charge on any atom is 0.416 e. The highest BCUT2D eigenvalue weighted by molar-refractivity contribution is 6.04. The quantitative estimate of drug-likeness (QED) is 0.408. The van der Waals surface area contributed by atoms with Gasteiger partial charge in [-0.2, -0.15) is 23.3 Å². The molecule has 2 unspecified atom stereocenters. The lowest BCUT2D eigenvalue weighted by Gasteiger charge is -2.21. The Bertz CT molecular complexity index is 1300. The van der Waals surface area contributed by atoms with Gasteiger partial charge in [0.1, 0.15) is 5.82 Å². The van der Waals surface area contributed by atoms with E-state index in [0.717, 1.165) is 17.7 Å². The smallest absolute Gasteiger partial charge is 0.371 e. The van der Waals surface area contributed by atoms with Crippen LogP contribution in [-0.2, 0) is 12.6 Å². The topological polar surface area (TPSA) is 77.4 Å². The first kappa shape index (κ1) is 22.0. The molecule has 0 aliphatic carbocycles. The van der Waals surface area contributed by atoms with Crippen LogP contribution in [0.2, 0.25) is 0 Å². The van der Waals surface area contributed by atoms with Gasteiger partial charge in [0.05, 0.1) is 22.7 Å². The van der Waals surface area contributed by atoms with Crippen LogP contribution in [0, 0.1) is 11.7 Å². The van der Waals surface area contributed by atoms with E-state index in [1.54, 1.807) is 30.5 Å². The SMILES string of the molecule is OC1C(CCc2ccc(F)cc2)C(c2ccc(C(F)(F)F)cc2)=NN1c1nc2ncccc2[nH]1. The van der Waals surface area contributed by atoms with Gasteiger partial charge in [0.2, 0.25) is 5.95 Å². The lowest BCUT2D eigenvalue weighted by Crippen LogP contribution is -2.34. The van der Waals surface area contributed by atoms with Crippen LogP contribution >= 0.6 is 0 Å². The van der Waals surface area contributed by atoms with Crippen LogP contribution in [0.25, 0.3) is 11.2 Å². The third-order valence-electron chi connectivity index (χ3n) is 5.80. The average Bonchev–Trinajstić information content (AvgIpc) is 3.39. The highest BCUT2D eigenvalue weighted by Gasteiger charge is 2.39. The van der Waals surface area contributed by atoms with Crippen molar-refractivity contribution in [2.45, 2.75) is 25.2 Å². The number of benzene rings is 2. The van der Waals surface area contributed by atoms with Gasteiger partial charge in [0, 0.05) is 6.20 Å². The van der Waals surface area contributed by atoms with E-state index in [2.05, 4.69) is 20.1 Å². The van der Waals surface area contributed by atoms with Gasteiger partial charge in [0.15, 0.2) is 11.9 Å². The number of anilines is 1. The number of aromatic amines is 1. The summed E-state index contributed by atoms with van der Waals surface area (Å²) >= 11 is 0. The molecular formula is C24H19F4N5O. The fourth-order valence-electron chi connectivity index (χ4n) is 4.04. The Labute approximate surface area is 191 Å². The molecule has 0 amide bonds. The lowest BCUT2D eigenvalue weighted by atomic mass is 9.90. The van der Waals surface area contributed by atoms with E-state index < -0.39 is 23.9 Å². The van der Waals surface area contributed by atoms with Crippen molar-refractivity contribution >= 4 is 22.8 Å². The molecule has 1 aliphatic heterocycles. The molecule has 0 bridgehead atoms. The minimum absolute atomic E-state index is 0.273. The molecule has 2 aromatic carbocycles. The van der Waals surface area contributed by atoms with Gasteiger partial charge in [-0.1, -0.05) is 24.3 Å². The second-order valence-corrected chi connectivity index (χ2v) is 8.03. The van der Waals surface area contributed by atoms with Gasteiger partial charge < -0.3 is 10.1 Å². The number of fused-ring (bicyclic) bond motifs is 1. The van der Waals surface area contributed by atoms with Crippen molar-refractivity contribution < 1.29 is 22.7 Å². The van der Waals surface area contributed by atoms with Crippen molar-refractivity contribution in [2.24, 2.45) is 11.0 Å². The third-order valence-corrected chi connectivity index (χ3v) is 5.80. The molecule has 34 heavy (non-hydrogen) atoms. The van der Waals surface area contributed by atoms with Crippen LogP contribution in [0.4, 0.5) is 23.5 Å². The zero-order chi connectivity index (χ0) is 23.9. The largest absolute Gasteiger partial charge is 0.416 e. The predicted molar refractivity (Wildman–Crippen MR) is 119 cm³/mol. The summed E-state index contributed by atoms with van der Waals surface area (Å²) in [5.41, 5.74) is 2.12. The fraction of sp³-hybridized carbons (Fsp3) is 0.208. The monoisotopic (exact) mass is 469 g/mol. The number of rotatable bonds is 5. The highest BCUT2D eigenvalue weighted by Crippen LogP contribution is 2.34. The Morgan fingerprint density at radius 3 is 2.41 bits per heavy atom. The average molecular weight is 469 g/mol. The lowest BCUT2D eigenvalue weighted by molar-refractivity contribution is -0.137. The number of aliphatic hydroxyl groups is 1. The van der Waals surface area contributed by atoms with E-state index in [1.165, 1.54) is 29.3 Å². The van der Waals surface area contributed by atoms with Crippen LogP contribution in [0.1, 0.15) is 23.1 Å². The molecule has 5 rings (SSSR count). The maximum atomic E-state index is 13.3. The number of hydrogen-bond acceptors (Lipinski definition) is 5. The van der Waals surface area contributed by atoms with E-state index in [9.17, 15) is 22.7 Å². The maximum absolute atomic E-state index is 13.3. The van der Waals surface area contributed by atoms with Crippen molar-refractivity contribution in [2.75, 3.05) is 5.01 Å². The molecule has 0 radical (unpaired) electrons. The van der Waals surface area contributed by atoms with Crippen LogP contribution in [-0.4, -0.2) is 32.0 Å². The van der Waals surface area contributed by atoms with E-state index in [0.29, 0.717) is 35.3 Å². The van der Waals surface area contributed by atoms with Gasteiger partial charge in [-0.25, -0.2) is 14.4 Å². The molecule has 0 spiro atoms. The Kier molecular flexibility index (Phi) is 5.52. The summed E-state index contributed by atoms with van der Waals surface area (Å²) < 4.78 is 52.4. The Morgan fingerprint density at radius 1 is 1.00 bits per heavy atom. The van der Waals surface area contributed by atoms with E-state index in [1.807, 2.05) is 0 Å². The number of aryl methyl sites for hydroxylation is 1. The van der Waals surface area contributed by atoms with Gasteiger partial charge >= 0.3 is 6.18 Å². The second kappa shape index (κ2) is 8.53. The van der Waals surface area contributed by atoms with Crippen molar-refractivity contribution in [1.82, 2.24) is 15.0 Å². The van der Waals surface area contributed by atoms with Crippen molar-refractivity contribution in [3.8, 4) is 0 Å². The fourth-order valence-corrected chi connectivity index (χ4v) is 4.04. The van der Waals surface area contributed by atoms with Crippen molar-refractivity contribution in [3.63, 3.8) is 0 Å². The Morgan fingerprint density at radius 2 is 1.74 bits per heavy atom. The highest BCUT2D eigenvalue weighted by atomic mass is 19.4. The zero-order valence-corrected chi connectivity index (χ0v) is 17.7. The van der Waals surface area contributed by atoms with Gasteiger partial charge in [-0.3, -0.25) is 0 Å². The number of halogens is 4. The van der Waals surface area contributed by atoms with E-state index >= 15 is 0 Å². The molecular weight excluding hydrogens is 450 g/mol. The molecule has 2 atom stereocenters. The number of hydrazone groups is 1. The first-order valence-electron chi connectivity index (χ1n) is 10.6. The molecule has 0 fully saturated rings. The summed E-state index contributed by atoms with van der Waals surface area (Å²) in [4.78, 5) is 11.6. The van der Waals surface area contributed by atoms with E-state index in [-0.39, 0.29) is 11.8 Å². The molecule has 0 saturated carbocycles. The Balaban J connectivity index is 1.48. The number of aliphatic hydroxyl groups excluding tert-OH is 1. The van der Waals surface area contributed by atoms with Crippen molar-refractivity contribution in [3.05, 3.63) is 89.4 Å². The Hall–Kier alpha value is -3.79. The summed E-state index contributed by atoms with van der Waals surface area (Å²) in [6.45, 7) is 0. The van der Waals surface area contributed by atoms with Crippen LogP contribution in [0.5, 0.6) is 0 Å². The molecule has 6 nitrogen and oxygen atoms in total. The molecule has 0 saturated heterocycles. The predicted octanol–water partition coefficient (Wildman–Crippen LogP) is 4.91. The second-order valence-electron chi connectivity index (χ2n) is 8.03. The van der Waals surface area contributed by atoms with Crippen LogP contribution < -0.4 is 5.01 Å². The standard InChI is InChI=1S/C24H19F4N5O/c25-17-10-3-14(4-11-17)5-12-18-20(15-6-8-16(9-7-15)24(26,27)28)32-33(22(18)34)23-30-19-2-1-13-29-21(19)31-23/h1-4,6-11,13,18,22,34H,5,12H2,(H,29,30,31). The summed E-state index contributed by atoms with van der Waals surface area (Å²) in [5.74, 6) is -0.598. The molecule has 2 aromatic heterocycles. The summed E-state index contributed by atoms with van der Waals surface area (Å²) in [5, 5.41) is 17.0. The number of alkyl halides is 3. The van der Waals surface area contributed by atoms with Gasteiger partial charge in [-0.05, 0) is 60.4 Å². The zero-order valence-electron chi connectivity index (χ0n) is 17.7. The molecule has 10 heteroatoms. The van der Waals surface area contributed by atoms with E-state index in [4.69, 9.17) is 0 Å². The third kappa shape index (κ3) is 4.24. The summed E-state index contributed by atoms with van der Waals surface area (Å²) in [6, 6.07) is 14.3. The number of nitrogens with zero attached hydrogens (tertiary/aromatic N) is 4. The molecule has 4 aromatic rings. The summed E-state index contributed by atoms with van der Waals surface area (Å²) in [7, 11) is 0. The summed E-state index contributed by atoms with van der Waals surface area (Å²) in [6.07, 6.45) is -3.03. The molecule has 174 valence electrons. The minimum Gasteiger partial charge on any atom is -0.371 e. The molecule has 3 heterocycles.